The van der Waals surface area contributed by atoms with Gasteiger partial charge in [-0.3, -0.25) is 4.79 Å². The number of hydrogen-bond acceptors (Lipinski definition) is 4. The molecule has 2 aromatic rings. The molecule has 0 spiro atoms. The summed E-state index contributed by atoms with van der Waals surface area (Å²) in [6.45, 7) is 2.87. The molecule has 5 nitrogen and oxygen atoms in total. The van der Waals surface area contributed by atoms with Crippen LogP contribution in [0.3, 0.4) is 0 Å². The first-order valence-electron chi connectivity index (χ1n) is 8.89. The van der Waals surface area contributed by atoms with Gasteiger partial charge < -0.3 is 19.5 Å². The number of methoxy groups -OCH3 is 1. The van der Waals surface area contributed by atoms with E-state index in [1.807, 2.05) is 0 Å². The molecule has 3 rings (SSSR count). The number of benzene rings is 2. The lowest BCUT2D eigenvalue weighted by molar-refractivity contribution is -0.117. The second-order valence-corrected chi connectivity index (χ2v) is 6.75. The van der Waals surface area contributed by atoms with E-state index in [9.17, 15) is 9.18 Å². The normalized spacial score (nSPS) is 14.4. The minimum atomic E-state index is -0.474. The van der Waals surface area contributed by atoms with Gasteiger partial charge in [0.25, 0.3) is 0 Å². The van der Waals surface area contributed by atoms with Crippen LogP contribution in [0.25, 0.3) is 6.08 Å². The highest BCUT2D eigenvalue weighted by atomic mass is 35.5. The van der Waals surface area contributed by atoms with Crippen LogP contribution in [-0.2, 0) is 4.79 Å². The van der Waals surface area contributed by atoms with Gasteiger partial charge in [-0.1, -0.05) is 17.7 Å². The molecular formula is C21H21ClFNO4. The summed E-state index contributed by atoms with van der Waals surface area (Å²) in [5.74, 6) is 0.460. The summed E-state index contributed by atoms with van der Waals surface area (Å²) >= 11 is 6.25. The van der Waals surface area contributed by atoms with E-state index in [0.717, 1.165) is 6.42 Å². The average molecular weight is 406 g/mol. The predicted molar refractivity (Wildman–Crippen MR) is 106 cm³/mol. The van der Waals surface area contributed by atoms with Crippen molar-refractivity contribution in [2.75, 3.05) is 20.3 Å². The topological polar surface area (TPSA) is 56.8 Å². The van der Waals surface area contributed by atoms with Crippen LogP contribution in [0.2, 0.25) is 5.02 Å². The Morgan fingerprint density at radius 1 is 1.29 bits per heavy atom. The lowest BCUT2D eigenvalue weighted by Crippen LogP contribution is -2.24. The fraction of sp³-hybridized carbons (Fsp3) is 0.286. The predicted octanol–water partition coefficient (Wildman–Crippen LogP) is 4.54. The monoisotopic (exact) mass is 405 g/mol. The van der Waals surface area contributed by atoms with Gasteiger partial charge in [0, 0.05) is 12.5 Å². The SMILES string of the molecule is COc1ccc([C@H](C)NC(=O)/C=C/c2cc(Cl)c3c(c2)OCCCO3)cc1F. The standard InChI is InChI=1S/C21H21ClFNO4/c1-13(15-5-6-18(26-2)17(23)12-15)24-20(25)7-4-14-10-16(22)21-19(11-14)27-8-3-9-28-21/h4-7,10-13H,3,8-9H2,1-2H3,(H,24,25)/b7-4+/t13-/m0/s1. The van der Waals surface area contributed by atoms with Crippen molar-refractivity contribution in [3.8, 4) is 17.2 Å². The van der Waals surface area contributed by atoms with Gasteiger partial charge in [-0.15, -0.1) is 0 Å². The van der Waals surface area contributed by atoms with Crippen LogP contribution in [0.1, 0.15) is 30.5 Å². The maximum atomic E-state index is 13.8. The van der Waals surface area contributed by atoms with Gasteiger partial charge >= 0.3 is 0 Å². The first kappa shape index (κ1) is 20.0. The molecule has 0 aromatic heterocycles. The molecule has 0 saturated heterocycles. The summed E-state index contributed by atoms with van der Waals surface area (Å²) in [5, 5.41) is 3.23. The zero-order valence-corrected chi connectivity index (χ0v) is 16.4. The van der Waals surface area contributed by atoms with E-state index in [-0.39, 0.29) is 17.7 Å². The van der Waals surface area contributed by atoms with E-state index in [1.54, 1.807) is 31.2 Å². The van der Waals surface area contributed by atoms with Crippen molar-refractivity contribution in [1.29, 1.82) is 0 Å². The molecule has 0 unspecified atom stereocenters. The van der Waals surface area contributed by atoms with Crippen molar-refractivity contribution >= 4 is 23.6 Å². The quantitative estimate of drug-likeness (QED) is 0.742. The molecule has 0 aliphatic carbocycles. The highest BCUT2D eigenvalue weighted by Crippen LogP contribution is 2.38. The van der Waals surface area contributed by atoms with Crippen LogP contribution in [0.5, 0.6) is 17.2 Å². The summed E-state index contributed by atoms with van der Waals surface area (Å²) in [4.78, 5) is 12.2. The first-order valence-corrected chi connectivity index (χ1v) is 9.27. The molecule has 148 valence electrons. The van der Waals surface area contributed by atoms with Crippen LogP contribution < -0.4 is 19.5 Å². The van der Waals surface area contributed by atoms with Crippen LogP contribution >= 0.6 is 11.6 Å². The fourth-order valence-corrected chi connectivity index (χ4v) is 3.09. The summed E-state index contributed by atoms with van der Waals surface area (Å²) in [6.07, 6.45) is 3.81. The van der Waals surface area contributed by atoms with Crippen molar-refractivity contribution in [3.05, 3.63) is 58.4 Å². The second-order valence-electron chi connectivity index (χ2n) is 6.34. The van der Waals surface area contributed by atoms with Gasteiger partial charge in [-0.25, -0.2) is 4.39 Å². The first-order chi connectivity index (χ1) is 13.5. The third kappa shape index (κ3) is 4.75. The summed E-state index contributed by atoms with van der Waals surface area (Å²) in [7, 11) is 1.40. The van der Waals surface area contributed by atoms with Crippen LogP contribution in [0.4, 0.5) is 4.39 Å². The molecule has 0 radical (unpaired) electrons. The van der Waals surface area contributed by atoms with Crippen LogP contribution in [-0.4, -0.2) is 26.2 Å². The van der Waals surface area contributed by atoms with Gasteiger partial charge in [0.1, 0.15) is 0 Å². The maximum Gasteiger partial charge on any atom is 0.244 e. The van der Waals surface area contributed by atoms with Gasteiger partial charge in [0.05, 0.1) is 31.4 Å². The van der Waals surface area contributed by atoms with E-state index in [1.165, 1.54) is 25.3 Å². The van der Waals surface area contributed by atoms with Crippen molar-refractivity contribution in [1.82, 2.24) is 5.32 Å². The van der Waals surface area contributed by atoms with E-state index in [0.29, 0.717) is 40.9 Å². The number of carbonyl (C=O) groups is 1. The molecule has 1 aliphatic rings. The van der Waals surface area contributed by atoms with Gasteiger partial charge in [-0.05, 0) is 48.4 Å². The van der Waals surface area contributed by atoms with Crippen molar-refractivity contribution in [2.45, 2.75) is 19.4 Å². The van der Waals surface area contributed by atoms with Crippen molar-refractivity contribution in [3.63, 3.8) is 0 Å². The number of carbonyl (C=O) groups excluding carboxylic acids is 1. The average Bonchev–Trinajstić information content (AvgIpc) is 2.92. The molecule has 28 heavy (non-hydrogen) atoms. The molecule has 0 bridgehead atoms. The molecule has 0 fully saturated rings. The number of ether oxygens (including phenoxy) is 3. The van der Waals surface area contributed by atoms with E-state index >= 15 is 0 Å². The number of halogens is 2. The maximum absolute atomic E-state index is 13.8. The molecule has 7 heteroatoms. The molecular weight excluding hydrogens is 385 g/mol. The lowest BCUT2D eigenvalue weighted by atomic mass is 10.1. The molecule has 1 amide bonds. The molecule has 1 heterocycles. The highest BCUT2D eigenvalue weighted by molar-refractivity contribution is 6.32. The molecule has 1 N–H and O–H groups in total. The van der Waals surface area contributed by atoms with E-state index in [4.69, 9.17) is 25.8 Å². The molecule has 1 aliphatic heterocycles. The fourth-order valence-electron chi connectivity index (χ4n) is 2.82. The zero-order valence-electron chi connectivity index (χ0n) is 15.6. The van der Waals surface area contributed by atoms with Crippen LogP contribution in [0, 0.1) is 5.82 Å². The van der Waals surface area contributed by atoms with Gasteiger partial charge in [0.15, 0.2) is 23.1 Å². The van der Waals surface area contributed by atoms with Crippen LogP contribution in [0.15, 0.2) is 36.4 Å². The number of fused-ring (bicyclic) bond motifs is 1. The Hall–Kier alpha value is -2.73. The number of rotatable bonds is 5. The Bertz CT molecular complexity index is 900. The zero-order chi connectivity index (χ0) is 20.1. The van der Waals surface area contributed by atoms with E-state index < -0.39 is 5.82 Å². The Kier molecular flexibility index (Phi) is 6.41. The van der Waals surface area contributed by atoms with E-state index in [2.05, 4.69) is 5.32 Å². The largest absolute Gasteiger partial charge is 0.494 e. The number of hydrogen-bond donors (Lipinski definition) is 1. The molecule has 0 saturated carbocycles. The van der Waals surface area contributed by atoms with Crippen molar-refractivity contribution in [2.24, 2.45) is 0 Å². The Labute approximate surface area is 168 Å². The summed E-state index contributed by atoms with van der Waals surface area (Å²) in [6, 6.07) is 7.70. The van der Waals surface area contributed by atoms with Gasteiger partial charge in [-0.2, -0.15) is 0 Å². The highest BCUT2D eigenvalue weighted by Gasteiger charge is 2.15. The Balaban J connectivity index is 1.67. The Morgan fingerprint density at radius 2 is 2.07 bits per heavy atom. The minimum Gasteiger partial charge on any atom is -0.494 e. The minimum absolute atomic E-state index is 0.161. The second kappa shape index (κ2) is 8.97. The van der Waals surface area contributed by atoms with Crippen molar-refractivity contribution < 1.29 is 23.4 Å². The molecule has 1 atom stereocenters. The smallest absolute Gasteiger partial charge is 0.244 e. The molecule has 2 aromatic carbocycles. The third-order valence-electron chi connectivity index (χ3n) is 4.29. The summed E-state index contributed by atoms with van der Waals surface area (Å²) < 4.78 is 30.0. The lowest BCUT2D eigenvalue weighted by Gasteiger charge is -2.14. The number of nitrogens with one attached hydrogen (secondary N) is 1. The number of amides is 1. The van der Waals surface area contributed by atoms with Gasteiger partial charge in [0.2, 0.25) is 5.91 Å². The third-order valence-corrected chi connectivity index (χ3v) is 4.57. The Morgan fingerprint density at radius 3 is 2.82 bits per heavy atom. The summed E-state index contributed by atoms with van der Waals surface area (Å²) in [5.41, 5.74) is 1.35.